The summed E-state index contributed by atoms with van der Waals surface area (Å²) in [5.41, 5.74) is 0. The normalized spacial score (nSPS) is 11.5. The molecule has 90 valence electrons. The van der Waals surface area contributed by atoms with E-state index in [0.717, 1.165) is 44.4 Å². The lowest BCUT2D eigenvalue weighted by Crippen LogP contribution is -2.39. The van der Waals surface area contributed by atoms with Gasteiger partial charge < -0.3 is 15.4 Å². The summed E-state index contributed by atoms with van der Waals surface area (Å²) in [4.78, 5) is 4.12. The Morgan fingerprint density at radius 3 is 2.67 bits per heavy atom. The smallest absolute Gasteiger partial charge is 0.191 e. The third-order valence-corrected chi connectivity index (χ3v) is 2.40. The number of hydrogen-bond acceptors (Lipinski definition) is 3. The summed E-state index contributed by atoms with van der Waals surface area (Å²) in [5.74, 6) is 1.97. The lowest BCUT2D eigenvalue weighted by atomic mass is 10.4. The van der Waals surface area contributed by atoms with Crippen LogP contribution in [0.15, 0.2) is 4.99 Å². The first-order chi connectivity index (χ1) is 7.35. The molecule has 5 heteroatoms. The summed E-state index contributed by atoms with van der Waals surface area (Å²) in [6.07, 6.45) is 3.11. The first-order valence-electron chi connectivity index (χ1n) is 5.36. The van der Waals surface area contributed by atoms with E-state index in [1.54, 1.807) is 7.05 Å². The lowest BCUT2D eigenvalue weighted by molar-refractivity contribution is 0.145. The van der Waals surface area contributed by atoms with Gasteiger partial charge in [0.25, 0.3) is 0 Å². The Morgan fingerprint density at radius 2 is 2.07 bits per heavy atom. The van der Waals surface area contributed by atoms with Crippen LogP contribution in [0.3, 0.4) is 0 Å². The fraction of sp³-hybridized carbons (Fsp3) is 0.900. The van der Waals surface area contributed by atoms with Crippen LogP contribution in [0.1, 0.15) is 13.3 Å². The molecule has 0 atom stereocenters. The van der Waals surface area contributed by atoms with Gasteiger partial charge in [-0.25, -0.2) is 0 Å². The van der Waals surface area contributed by atoms with E-state index >= 15 is 0 Å². The highest BCUT2D eigenvalue weighted by Crippen LogP contribution is 1.87. The van der Waals surface area contributed by atoms with Crippen molar-refractivity contribution in [3.63, 3.8) is 0 Å². The van der Waals surface area contributed by atoms with Crippen molar-refractivity contribution >= 4 is 17.7 Å². The van der Waals surface area contributed by atoms with Crippen LogP contribution < -0.4 is 10.6 Å². The molecular formula is C10H23N3OS. The second kappa shape index (κ2) is 11.7. The number of ether oxygens (including phenoxy) is 1. The Balaban J connectivity index is 3.37. The first kappa shape index (κ1) is 14.6. The van der Waals surface area contributed by atoms with Gasteiger partial charge in [0.2, 0.25) is 0 Å². The number of rotatable bonds is 8. The maximum absolute atomic E-state index is 5.24. The van der Waals surface area contributed by atoms with Crippen molar-refractivity contribution in [3.05, 3.63) is 0 Å². The van der Waals surface area contributed by atoms with Crippen molar-refractivity contribution in [1.29, 1.82) is 0 Å². The number of aliphatic imine (C=N–C) groups is 1. The lowest BCUT2D eigenvalue weighted by Gasteiger charge is -2.11. The van der Waals surface area contributed by atoms with Crippen molar-refractivity contribution in [2.75, 3.05) is 45.4 Å². The summed E-state index contributed by atoms with van der Waals surface area (Å²) < 4.78 is 5.24. The van der Waals surface area contributed by atoms with Gasteiger partial charge in [0.15, 0.2) is 5.96 Å². The second-order valence-electron chi connectivity index (χ2n) is 2.97. The van der Waals surface area contributed by atoms with Gasteiger partial charge >= 0.3 is 0 Å². The maximum Gasteiger partial charge on any atom is 0.191 e. The van der Waals surface area contributed by atoms with E-state index in [4.69, 9.17) is 4.74 Å². The topological polar surface area (TPSA) is 45.6 Å². The van der Waals surface area contributed by atoms with Gasteiger partial charge in [-0.1, -0.05) is 0 Å². The summed E-state index contributed by atoms with van der Waals surface area (Å²) in [7, 11) is 1.79. The summed E-state index contributed by atoms with van der Waals surface area (Å²) >= 11 is 1.82. The van der Waals surface area contributed by atoms with Crippen LogP contribution in [0.25, 0.3) is 0 Å². The molecule has 4 nitrogen and oxygen atoms in total. The third kappa shape index (κ3) is 9.87. The second-order valence-corrected chi connectivity index (χ2v) is 3.95. The van der Waals surface area contributed by atoms with E-state index in [0.29, 0.717) is 0 Å². The standard InChI is InChI=1S/C10H23N3OS/c1-4-14-8-5-6-12-10(11-2)13-7-9-15-3/h4-9H2,1-3H3,(H2,11,12,13). The third-order valence-electron chi connectivity index (χ3n) is 1.78. The quantitative estimate of drug-likeness (QED) is 0.372. The minimum atomic E-state index is 0.792. The molecule has 0 aliphatic heterocycles. The van der Waals surface area contributed by atoms with Crippen LogP contribution in [0.5, 0.6) is 0 Å². The van der Waals surface area contributed by atoms with Crippen LogP contribution >= 0.6 is 11.8 Å². The maximum atomic E-state index is 5.24. The molecule has 2 N–H and O–H groups in total. The first-order valence-corrected chi connectivity index (χ1v) is 6.75. The summed E-state index contributed by atoms with van der Waals surface area (Å²) in [6, 6.07) is 0. The fourth-order valence-corrected chi connectivity index (χ4v) is 1.32. The van der Waals surface area contributed by atoms with Crippen LogP contribution in [0, 0.1) is 0 Å². The van der Waals surface area contributed by atoms with Crippen molar-refractivity contribution in [2.45, 2.75) is 13.3 Å². The molecule has 0 rings (SSSR count). The minimum Gasteiger partial charge on any atom is -0.382 e. The molecule has 0 heterocycles. The fourth-order valence-electron chi connectivity index (χ4n) is 1.02. The van der Waals surface area contributed by atoms with E-state index in [9.17, 15) is 0 Å². The number of hydrogen-bond donors (Lipinski definition) is 2. The Bertz CT molecular complexity index is 165. The summed E-state index contributed by atoms with van der Waals surface area (Å²) in [5, 5.41) is 6.48. The number of nitrogens with zero attached hydrogens (tertiary/aromatic N) is 1. The molecule has 15 heavy (non-hydrogen) atoms. The SMILES string of the molecule is CCOCCCNC(=NC)NCCSC. The van der Waals surface area contributed by atoms with Gasteiger partial charge in [-0.15, -0.1) is 0 Å². The Kier molecular flexibility index (Phi) is 11.3. The van der Waals surface area contributed by atoms with Gasteiger partial charge in [0.1, 0.15) is 0 Å². The molecule has 0 aromatic rings. The monoisotopic (exact) mass is 233 g/mol. The molecule has 0 aromatic heterocycles. The Hall–Kier alpha value is -0.420. The van der Waals surface area contributed by atoms with E-state index < -0.39 is 0 Å². The van der Waals surface area contributed by atoms with Crippen molar-refractivity contribution in [3.8, 4) is 0 Å². The average molecular weight is 233 g/mol. The van der Waals surface area contributed by atoms with E-state index in [-0.39, 0.29) is 0 Å². The highest BCUT2D eigenvalue weighted by atomic mass is 32.2. The molecule has 0 aliphatic carbocycles. The predicted octanol–water partition coefficient (Wildman–Crippen LogP) is 0.941. The molecule has 0 aliphatic rings. The van der Waals surface area contributed by atoms with Gasteiger partial charge in [0, 0.05) is 39.1 Å². The number of nitrogens with one attached hydrogen (secondary N) is 2. The highest BCUT2D eigenvalue weighted by molar-refractivity contribution is 7.98. The number of guanidine groups is 1. The van der Waals surface area contributed by atoms with Crippen molar-refractivity contribution in [1.82, 2.24) is 10.6 Å². The van der Waals surface area contributed by atoms with Gasteiger partial charge in [-0.05, 0) is 19.6 Å². The molecule has 0 saturated carbocycles. The Labute approximate surface area is 97.3 Å². The predicted molar refractivity (Wildman–Crippen MR) is 68.9 cm³/mol. The minimum absolute atomic E-state index is 0.792. The van der Waals surface area contributed by atoms with Gasteiger partial charge in [-0.2, -0.15) is 11.8 Å². The molecule has 0 saturated heterocycles. The van der Waals surface area contributed by atoms with Crippen molar-refractivity contribution < 1.29 is 4.74 Å². The Morgan fingerprint density at radius 1 is 1.33 bits per heavy atom. The zero-order valence-electron chi connectivity index (χ0n) is 10.0. The molecule has 0 spiro atoms. The van der Waals surface area contributed by atoms with Crippen molar-refractivity contribution in [2.24, 2.45) is 4.99 Å². The molecule has 0 bridgehead atoms. The molecule has 0 unspecified atom stereocenters. The largest absolute Gasteiger partial charge is 0.382 e. The molecule has 0 aromatic carbocycles. The zero-order chi connectivity index (χ0) is 11.4. The van der Waals surface area contributed by atoms with Crippen LogP contribution in [0.4, 0.5) is 0 Å². The zero-order valence-corrected chi connectivity index (χ0v) is 10.8. The average Bonchev–Trinajstić information content (AvgIpc) is 2.26. The van der Waals surface area contributed by atoms with Crippen LogP contribution in [-0.4, -0.2) is 51.3 Å². The molecule has 0 fully saturated rings. The summed E-state index contributed by atoms with van der Waals surface area (Å²) in [6.45, 7) is 5.47. The highest BCUT2D eigenvalue weighted by Gasteiger charge is 1.95. The molecule has 0 amide bonds. The van der Waals surface area contributed by atoms with E-state index in [1.807, 2.05) is 18.7 Å². The van der Waals surface area contributed by atoms with Gasteiger partial charge in [-0.3, -0.25) is 4.99 Å². The van der Waals surface area contributed by atoms with E-state index in [2.05, 4.69) is 21.9 Å². The van der Waals surface area contributed by atoms with E-state index in [1.165, 1.54) is 0 Å². The van der Waals surface area contributed by atoms with Crippen LogP contribution in [-0.2, 0) is 4.74 Å². The van der Waals surface area contributed by atoms with Crippen LogP contribution in [0.2, 0.25) is 0 Å². The molecular weight excluding hydrogens is 210 g/mol. The van der Waals surface area contributed by atoms with Gasteiger partial charge in [0.05, 0.1) is 0 Å². The number of thioether (sulfide) groups is 1. The molecule has 0 radical (unpaired) electrons.